The molecule has 0 saturated carbocycles. The lowest BCUT2D eigenvalue weighted by molar-refractivity contribution is -0.114. The van der Waals surface area contributed by atoms with Gasteiger partial charge in [0, 0.05) is 51.1 Å². The number of nitrogens with one attached hydrogen (secondary N) is 1. The van der Waals surface area contributed by atoms with Gasteiger partial charge in [-0.2, -0.15) is 0 Å². The van der Waals surface area contributed by atoms with Crippen molar-refractivity contribution in [2.75, 3.05) is 36.4 Å². The number of anilines is 2. The fourth-order valence-corrected chi connectivity index (χ4v) is 2.67. The number of carbonyl (C=O) groups excluding carboxylic acids is 2. The van der Waals surface area contributed by atoms with Crippen LogP contribution in [0.2, 0.25) is 0 Å². The Morgan fingerprint density at radius 2 is 1.83 bits per heavy atom. The molecule has 7 nitrogen and oxygen atoms in total. The number of aromatic nitrogens is 2. The molecule has 0 spiro atoms. The van der Waals surface area contributed by atoms with Gasteiger partial charge in [-0.3, -0.25) is 9.59 Å². The standard InChI is InChI=1S/C17H19N5O2/c1-13(23)20-15-12-14(5-7-18-15)17(24)22-10-8-21(9-11-22)16-4-2-3-6-19-16/h2-7,12H,8-11H2,1H3,(H,18,20,23). The summed E-state index contributed by atoms with van der Waals surface area (Å²) in [5.74, 6) is 1.06. The number of amides is 2. The highest BCUT2D eigenvalue weighted by molar-refractivity contribution is 5.96. The maximum Gasteiger partial charge on any atom is 0.254 e. The Morgan fingerprint density at radius 1 is 1.04 bits per heavy atom. The molecule has 0 atom stereocenters. The number of rotatable bonds is 3. The van der Waals surface area contributed by atoms with Gasteiger partial charge in [-0.1, -0.05) is 6.07 Å². The molecule has 0 bridgehead atoms. The van der Waals surface area contributed by atoms with Crippen molar-refractivity contribution in [2.45, 2.75) is 6.92 Å². The van der Waals surface area contributed by atoms with Crippen molar-refractivity contribution < 1.29 is 9.59 Å². The number of nitrogens with zero attached hydrogens (tertiary/aromatic N) is 4. The van der Waals surface area contributed by atoms with E-state index in [9.17, 15) is 9.59 Å². The summed E-state index contributed by atoms with van der Waals surface area (Å²) < 4.78 is 0. The van der Waals surface area contributed by atoms with E-state index < -0.39 is 0 Å². The van der Waals surface area contributed by atoms with E-state index in [0.29, 0.717) is 24.5 Å². The van der Waals surface area contributed by atoms with Gasteiger partial charge in [0.1, 0.15) is 11.6 Å². The zero-order valence-electron chi connectivity index (χ0n) is 13.5. The van der Waals surface area contributed by atoms with E-state index in [1.165, 1.54) is 13.1 Å². The van der Waals surface area contributed by atoms with Gasteiger partial charge in [0.15, 0.2) is 0 Å². The Balaban J connectivity index is 1.64. The number of piperazine rings is 1. The van der Waals surface area contributed by atoms with Crippen molar-refractivity contribution in [1.82, 2.24) is 14.9 Å². The molecule has 1 aliphatic rings. The average molecular weight is 325 g/mol. The third kappa shape index (κ3) is 3.68. The van der Waals surface area contributed by atoms with Crippen LogP contribution in [-0.4, -0.2) is 52.9 Å². The van der Waals surface area contributed by atoms with Crippen molar-refractivity contribution in [1.29, 1.82) is 0 Å². The highest BCUT2D eigenvalue weighted by Gasteiger charge is 2.23. The normalized spacial score (nSPS) is 14.4. The number of pyridine rings is 2. The van der Waals surface area contributed by atoms with Gasteiger partial charge in [0.05, 0.1) is 0 Å². The third-order valence-electron chi connectivity index (χ3n) is 3.85. The minimum absolute atomic E-state index is 0.0512. The van der Waals surface area contributed by atoms with Crippen molar-refractivity contribution >= 4 is 23.5 Å². The molecule has 2 aromatic heterocycles. The quantitative estimate of drug-likeness (QED) is 0.923. The van der Waals surface area contributed by atoms with Gasteiger partial charge in [0.25, 0.3) is 5.91 Å². The minimum atomic E-state index is -0.212. The van der Waals surface area contributed by atoms with Crippen LogP contribution >= 0.6 is 0 Å². The Kier molecular flexibility index (Phi) is 4.69. The molecule has 3 rings (SSSR count). The first-order valence-corrected chi connectivity index (χ1v) is 7.82. The van der Waals surface area contributed by atoms with Crippen LogP contribution in [0.4, 0.5) is 11.6 Å². The Bertz CT molecular complexity index is 727. The van der Waals surface area contributed by atoms with Crippen LogP contribution in [0.3, 0.4) is 0 Å². The summed E-state index contributed by atoms with van der Waals surface area (Å²) in [4.78, 5) is 36.1. The molecule has 0 radical (unpaired) electrons. The second-order valence-corrected chi connectivity index (χ2v) is 5.58. The zero-order valence-corrected chi connectivity index (χ0v) is 13.5. The molecule has 0 unspecified atom stereocenters. The Labute approximate surface area is 140 Å². The van der Waals surface area contributed by atoms with E-state index in [4.69, 9.17) is 0 Å². The molecule has 1 saturated heterocycles. The van der Waals surface area contributed by atoms with Gasteiger partial charge >= 0.3 is 0 Å². The van der Waals surface area contributed by atoms with Crippen LogP contribution in [0.1, 0.15) is 17.3 Å². The third-order valence-corrected chi connectivity index (χ3v) is 3.85. The van der Waals surface area contributed by atoms with Gasteiger partial charge < -0.3 is 15.1 Å². The first kappa shape index (κ1) is 15.9. The number of carbonyl (C=O) groups is 2. The molecule has 7 heteroatoms. The van der Waals surface area contributed by atoms with Gasteiger partial charge in [-0.05, 0) is 24.3 Å². The monoisotopic (exact) mass is 325 g/mol. The lowest BCUT2D eigenvalue weighted by Gasteiger charge is -2.35. The number of hydrogen-bond acceptors (Lipinski definition) is 5. The van der Waals surface area contributed by atoms with Crippen LogP contribution < -0.4 is 10.2 Å². The molecule has 0 aliphatic carbocycles. The van der Waals surface area contributed by atoms with Gasteiger partial charge in [-0.25, -0.2) is 9.97 Å². The maximum atomic E-state index is 12.6. The molecule has 24 heavy (non-hydrogen) atoms. The summed E-state index contributed by atoms with van der Waals surface area (Å²) in [5, 5.41) is 2.59. The highest BCUT2D eigenvalue weighted by atomic mass is 16.2. The lowest BCUT2D eigenvalue weighted by atomic mass is 10.2. The summed E-state index contributed by atoms with van der Waals surface area (Å²) in [6.45, 7) is 4.16. The van der Waals surface area contributed by atoms with E-state index in [1.54, 1.807) is 18.3 Å². The van der Waals surface area contributed by atoms with Crippen molar-refractivity contribution in [2.24, 2.45) is 0 Å². The average Bonchev–Trinajstić information content (AvgIpc) is 2.62. The van der Waals surface area contributed by atoms with Crippen LogP contribution in [0.25, 0.3) is 0 Å². The largest absolute Gasteiger partial charge is 0.353 e. The Hall–Kier alpha value is -2.96. The summed E-state index contributed by atoms with van der Waals surface area (Å²) in [6, 6.07) is 9.09. The molecule has 124 valence electrons. The highest BCUT2D eigenvalue weighted by Crippen LogP contribution is 2.15. The molecular weight excluding hydrogens is 306 g/mol. The second kappa shape index (κ2) is 7.08. The van der Waals surface area contributed by atoms with E-state index in [1.807, 2.05) is 23.1 Å². The van der Waals surface area contributed by atoms with Crippen molar-refractivity contribution in [3.63, 3.8) is 0 Å². The van der Waals surface area contributed by atoms with Crippen LogP contribution in [0.15, 0.2) is 42.7 Å². The summed E-state index contributed by atoms with van der Waals surface area (Å²) in [5.41, 5.74) is 0.528. The predicted octanol–water partition coefficient (Wildman–Crippen LogP) is 1.40. The molecule has 0 aromatic carbocycles. The summed E-state index contributed by atoms with van der Waals surface area (Å²) >= 11 is 0. The SMILES string of the molecule is CC(=O)Nc1cc(C(=O)N2CCN(c3ccccn3)CC2)ccn1. The molecular formula is C17H19N5O2. The molecule has 3 heterocycles. The fraction of sp³-hybridized carbons (Fsp3) is 0.294. The maximum absolute atomic E-state index is 12.6. The first-order chi connectivity index (χ1) is 11.6. The molecule has 2 amide bonds. The smallest absolute Gasteiger partial charge is 0.254 e. The lowest BCUT2D eigenvalue weighted by Crippen LogP contribution is -2.49. The van der Waals surface area contributed by atoms with E-state index in [0.717, 1.165) is 18.9 Å². The topological polar surface area (TPSA) is 78.4 Å². The Morgan fingerprint density at radius 3 is 2.50 bits per heavy atom. The molecule has 2 aromatic rings. The van der Waals surface area contributed by atoms with E-state index >= 15 is 0 Å². The van der Waals surface area contributed by atoms with E-state index in [-0.39, 0.29) is 11.8 Å². The number of hydrogen-bond donors (Lipinski definition) is 1. The first-order valence-electron chi connectivity index (χ1n) is 7.82. The van der Waals surface area contributed by atoms with Crippen LogP contribution in [-0.2, 0) is 4.79 Å². The summed E-state index contributed by atoms with van der Waals surface area (Å²) in [7, 11) is 0. The molecule has 1 aliphatic heterocycles. The predicted molar refractivity (Wildman–Crippen MR) is 90.9 cm³/mol. The van der Waals surface area contributed by atoms with Gasteiger partial charge in [-0.15, -0.1) is 0 Å². The van der Waals surface area contributed by atoms with Crippen molar-refractivity contribution in [3.05, 3.63) is 48.3 Å². The fourth-order valence-electron chi connectivity index (χ4n) is 2.67. The second-order valence-electron chi connectivity index (χ2n) is 5.58. The zero-order chi connectivity index (χ0) is 16.9. The van der Waals surface area contributed by atoms with E-state index in [2.05, 4.69) is 20.2 Å². The minimum Gasteiger partial charge on any atom is -0.353 e. The molecule has 1 fully saturated rings. The van der Waals surface area contributed by atoms with Crippen molar-refractivity contribution in [3.8, 4) is 0 Å². The van der Waals surface area contributed by atoms with Crippen LogP contribution in [0, 0.1) is 0 Å². The van der Waals surface area contributed by atoms with Crippen LogP contribution in [0.5, 0.6) is 0 Å². The summed E-state index contributed by atoms with van der Waals surface area (Å²) in [6.07, 6.45) is 3.30. The molecule has 1 N–H and O–H groups in total. The van der Waals surface area contributed by atoms with Gasteiger partial charge in [0.2, 0.25) is 5.91 Å².